The number of nitrogens with zero attached hydrogens (tertiary/aromatic N) is 1. The summed E-state index contributed by atoms with van der Waals surface area (Å²) in [5.41, 5.74) is 8.65. The van der Waals surface area contributed by atoms with E-state index in [-0.39, 0.29) is 5.75 Å². The maximum atomic E-state index is 12.3. The number of benzene rings is 1. The highest BCUT2D eigenvalue weighted by atomic mass is 19.3. The highest BCUT2D eigenvalue weighted by Crippen LogP contribution is 2.32. The van der Waals surface area contributed by atoms with Gasteiger partial charge in [0.2, 0.25) is 0 Å². The van der Waals surface area contributed by atoms with Crippen LogP contribution in [0.3, 0.4) is 0 Å². The summed E-state index contributed by atoms with van der Waals surface area (Å²) in [5.74, 6) is 0.0592. The predicted molar refractivity (Wildman–Crippen MR) is 66.9 cm³/mol. The zero-order chi connectivity index (χ0) is 13.3. The van der Waals surface area contributed by atoms with Gasteiger partial charge in [-0.3, -0.25) is 0 Å². The van der Waals surface area contributed by atoms with Gasteiger partial charge in [-0.15, -0.1) is 0 Å². The highest BCUT2D eigenvalue weighted by Gasteiger charge is 2.14. The van der Waals surface area contributed by atoms with Gasteiger partial charge >= 0.3 is 6.61 Å². The number of alkyl halides is 2. The Bertz CT molecular complexity index is 585. The van der Waals surface area contributed by atoms with Gasteiger partial charge in [0.1, 0.15) is 5.52 Å². The van der Waals surface area contributed by atoms with E-state index in [1.807, 2.05) is 13.8 Å². The molecule has 0 bridgehead atoms. The van der Waals surface area contributed by atoms with E-state index in [9.17, 15) is 8.78 Å². The van der Waals surface area contributed by atoms with E-state index in [0.717, 1.165) is 11.3 Å². The van der Waals surface area contributed by atoms with Crippen molar-refractivity contribution in [1.82, 2.24) is 4.98 Å². The molecule has 0 aliphatic rings. The van der Waals surface area contributed by atoms with Crippen LogP contribution < -0.4 is 10.5 Å². The molecule has 0 saturated heterocycles. The summed E-state index contributed by atoms with van der Waals surface area (Å²) in [7, 11) is 0. The lowest BCUT2D eigenvalue weighted by Gasteiger charge is -2.13. The minimum absolute atomic E-state index is 0.0592. The van der Waals surface area contributed by atoms with Gasteiger partial charge in [0, 0.05) is 16.8 Å². The van der Waals surface area contributed by atoms with Gasteiger partial charge in [-0.2, -0.15) is 8.78 Å². The predicted octanol–water partition coefficient (Wildman–Crippen LogP) is 3.29. The number of hydrogen-bond acceptors (Lipinski definition) is 3. The van der Waals surface area contributed by atoms with E-state index in [4.69, 9.17) is 5.73 Å². The van der Waals surface area contributed by atoms with Gasteiger partial charge < -0.3 is 10.5 Å². The van der Waals surface area contributed by atoms with Crippen molar-refractivity contribution >= 4 is 16.6 Å². The van der Waals surface area contributed by atoms with Crippen LogP contribution in [0.2, 0.25) is 0 Å². The van der Waals surface area contributed by atoms with E-state index in [1.165, 1.54) is 6.07 Å². The number of aryl methyl sites for hydroxylation is 1. The van der Waals surface area contributed by atoms with Crippen molar-refractivity contribution in [3.63, 3.8) is 0 Å². The molecule has 2 aromatic rings. The number of rotatable bonds is 3. The molecule has 0 aliphatic carbocycles. The van der Waals surface area contributed by atoms with Crippen LogP contribution in [0.1, 0.15) is 18.2 Å². The molecule has 1 heterocycles. The number of fused-ring (bicyclic) bond motifs is 1. The van der Waals surface area contributed by atoms with E-state index < -0.39 is 6.61 Å². The molecule has 1 aromatic carbocycles. The molecule has 2 rings (SSSR count). The lowest BCUT2D eigenvalue weighted by atomic mass is 10.1. The van der Waals surface area contributed by atoms with Gasteiger partial charge in [0.05, 0.1) is 0 Å². The monoisotopic (exact) mass is 252 g/mol. The Morgan fingerprint density at radius 1 is 1.39 bits per heavy atom. The Balaban J connectivity index is 2.72. The molecule has 0 radical (unpaired) electrons. The van der Waals surface area contributed by atoms with Crippen LogP contribution in [-0.4, -0.2) is 11.6 Å². The van der Waals surface area contributed by atoms with Gasteiger partial charge in [0.25, 0.3) is 0 Å². The van der Waals surface area contributed by atoms with Crippen molar-refractivity contribution in [2.24, 2.45) is 0 Å². The molecule has 0 spiro atoms. The SMILES string of the molecule is CCc1nc2c(OC(F)F)cccc2c(N)c1C. The van der Waals surface area contributed by atoms with Crippen molar-refractivity contribution in [3.8, 4) is 5.75 Å². The van der Waals surface area contributed by atoms with Gasteiger partial charge in [-0.1, -0.05) is 19.1 Å². The number of para-hydroxylation sites is 1. The first-order valence-electron chi connectivity index (χ1n) is 5.67. The van der Waals surface area contributed by atoms with Crippen LogP contribution in [0.25, 0.3) is 10.9 Å². The highest BCUT2D eigenvalue weighted by molar-refractivity contribution is 5.95. The van der Waals surface area contributed by atoms with Crippen molar-refractivity contribution in [1.29, 1.82) is 0 Å². The molecule has 0 unspecified atom stereocenters. The Labute approximate surface area is 104 Å². The average molecular weight is 252 g/mol. The molecule has 3 nitrogen and oxygen atoms in total. The van der Waals surface area contributed by atoms with Gasteiger partial charge in [-0.25, -0.2) is 4.98 Å². The fourth-order valence-corrected chi connectivity index (χ4v) is 1.97. The maximum absolute atomic E-state index is 12.3. The van der Waals surface area contributed by atoms with Crippen LogP contribution in [0.15, 0.2) is 18.2 Å². The third-order valence-corrected chi connectivity index (χ3v) is 2.92. The van der Waals surface area contributed by atoms with Crippen molar-refractivity contribution in [2.75, 3.05) is 5.73 Å². The summed E-state index contributed by atoms with van der Waals surface area (Å²) < 4.78 is 29.1. The van der Waals surface area contributed by atoms with Gasteiger partial charge in [0.15, 0.2) is 5.75 Å². The third kappa shape index (κ3) is 2.08. The number of halogens is 2. The summed E-state index contributed by atoms with van der Waals surface area (Å²) in [6, 6.07) is 4.85. The Kier molecular flexibility index (Phi) is 3.32. The fourth-order valence-electron chi connectivity index (χ4n) is 1.97. The second-order valence-corrected chi connectivity index (χ2v) is 3.98. The minimum atomic E-state index is -2.87. The maximum Gasteiger partial charge on any atom is 0.387 e. The van der Waals surface area contributed by atoms with Crippen LogP contribution >= 0.6 is 0 Å². The first kappa shape index (κ1) is 12.5. The molecule has 0 fully saturated rings. The normalized spacial score (nSPS) is 11.2. The smallest absolute Gasteiger partial charge is 0.387 e. The van der Waals surface area contributed by atoms with Crippen LogP contribution in [0.5, 0.6) is 5.75 Å². The van der Waals surface area contributed by atoms with Crippen LogP contribution in [0, 0.1) is 6.92 Å². The molecule has 2 N–H and O–H groups in total. The summed E-state index contributed by atoms with van der Waals surface area (Å²) in [5, 5.41) is 0.642. The molecule has 0 amide bonds. The lowest BCUT2D eigenvalue weighted by Crippen LogP contribution is -2.05. The fraction of sp³-hybridized carbons (Fsp3) is 0.308. The number of hydrogen-bond donors (Lipinski definition) is 1. The second kappa shape index (κ2) is 4.76. The molecule has 0 saturated carbocycles. The van der Waals surface area contributed by atoms with Crippen molar-refractivity contribution < 1.29 is 13.5 Å². The van der Waals surface area contributed by atoms with E-state index in [0.29, 0.717) is 23.0 Å². The van der Waals surface area contributed by atoms with E-state index in [2.05, 4.69) is 9.72 Å². The van der Waals surface area contributed by atoms with Crippen molar-refractivity contribution in [3.05, 3.63) is 29.5 Å². The first-order valence-corrected chi connectivity index (χ1v) is 5.67. The summed E-state index contributed by atoms with van der Waals surface area (Å²) in [4.78, 5) is 4.37. The van der Waals surface area contributed by atoms with Gasteiger partial charge in [-0.05, 0) is 25.0 Å². The average Bonchev–Trinajstić information content (AvgIpc) is 2.33. The topological polar surface area (TPSA) is 48.1 Å². The molecule has 5 heteroatoms. The number of aromatic nitrogens is 1. The van der Waals surface area contributed by atoms with Crippen molar-refractivity contribution in [2.45, 2.75) is 26.9 Å². The number of nitrogen functional groups attached to an aromatic ring is 1. The Morgan fingerprint density at radius 3 is 2.72 bits per heavy atom. The molecular formula is C13H14F2N2O. The first-order chi connectivity index (χ1) is 8.54. The largest absolute Gasteiger partial charge is 0.432 e. The molecule has 0 atom stereocenters. The molecule has 1 aromatic heterocycles. The zero-order valence-corrected chi connectivity index (χ0v) is 10.2. The lowest BCUT2D eigenvalue weighted by molar-refractivity contribution is -0.0489. The zero-order valence-electron chi connectivity index (χ0n) is 10.2. The molecule has 96 valence electrons. The quantitative estimate of drug-likeness (QED) is 0.911. The van der Waals surface area contributed by atoms with Crippen LogP contribution in [0.4, 0.5) is 14.5 Å². The number of nitrogens with two attached hydrogens (primary N) is 1. The molecular weight excluding hydrogens is 238 g/mol. The number of anilines is 1. The number of pyridine rings is 1. The Hall–Kier alpha value is -1.91. The third-order valence-electron chi connectivity index (χ3n) is 2.92. The Morgan fingerprint density at radius 2 is 2.11 bits per heavy atom. The molecule has 18 heavy (non-hydrogen) atoms. The summed E-state index contributed by atoms with van der Waals surface area (Å²) >= 11 is 0. The number of ether oxygens (including phenoxy) is 1. The summed E-state index contributed by atoms with van der Waals surface area (Å²) in [6.07, 6.45) is 0.689. The second-order valence-electron chi connectivity index (χ2n) is 3.98. The van der Waals surface area contributed by atoms with E-state index >= 15 is 0 Å². The summed E-state index contributed by atoms with van der Waals surface area (Å²) in [6.45, 7) is 0.948. The van der Waals surface area contributed by atoms with Crippen LogP contribution in [-0.2, 0) is 6.42 Å². The standard InChI is InChI=1S/C13H14F2N2O/c1-3-9-7(2)11(16)8-5-4-6-10(12(8)17-9)18-13(14)15/h4-6,13H,3H2,1-2H3,(H2,16,17). The molecule has 0 aliphatic heterocycles. The minimum Gasteiger partial charge on any atom is -0.432 e. The van der Waals surface area contributed by atoms with E-state index in [1.54, 1.807) is 12.1 Å².